The second kappa shape index (κ2) is 5.72. The summed E-state index contributed by atoms with van der Waals surface area (Å²) in [6.45, 7) is 0. The van der Waals surface area contributed by atoms with E-state index in [2.05, 4.69) is 0 Å². The molecule has 0 fully saturated rings. The van der Waals surface area contributed by atoms with Gasteiger partial charge in [-0.2, -0.15) is 0 Å². The third-order valence-electron chi connectivity index (χ3n) is 0.892. The molecular formula is C6H6KOP+. The van der Waals surface area contributed by atoms with E-state index in [0.717, 1.165) is 5.30 Å². The van der Waals surface area contributed by atoms with Crippen molar-refractivity contribution >= 4 is 65.1 Å². The van der Waals surface area contributed by atoms with Gasteiger partial charge in [0.05, 0.1) is 0 Å². The second-order valence-corrected chi connectivity index (χ2v) is 2.25. The summed E-state index contributed by atoms with van der Waals surface area (Å²) in [4.78, 5) is 0. The van der Waals surface area contributed by atoms with Crippen LogP contribution in [0.3, 0.4) is 0 Å². The van der Waals surface area contributed by atoms with E-state index in [1.54, 1.807) is 0 Å². The molecule has 0 amide bonds. The van der Waals surface area contributed by atoms with Gasteiger partial charge in [0.1, 0.15) is 0 Å². The number of hydrogen-bond donors (Lipinski definition) is 0. The zero-order valence-electron chi connectivity index (χ0n) is 5.29. The first kappa shape index (κ1) is 9.96. The molecule has 0 N–H and O–H groups in total. The molecule has 0 heterocycles. The fraction of sp³-hybridized carbons (Fsp3) is 0. The number of hydrogen-bond acceptors (Lipinski definition) is 1. The zero-order valence-corrected chi connectivity index (χ0v) is 9.42. The smallest absolute Gasteiger partial charge is 0.0707 e. The SMILES string of the molecule is O=[PH+]c1ccccc1.[K]. The summed E-state index contributed by atoms with van der Waals surface area (Å²) in [5.41, 5.74) is 0. The van der Waals surface area contributed by atoms with Gasteiger partial charge in [0.25, 0.3) is 0 Å². The molecule has 1 nitrogen and oxygen atoms in total. The average Bonchev–Trinajstić information content (AvgIpc) is 1.90. The third kappa shape index (κ3) is 3.61. The predicted octanol–water partition coefficient (Wildman–Crippen LogP) is 0.955. The molecule has 0 bridgehead atoms. The summed E-state index contributed by atoms with van der Waals surface area (Å²) in [6, 6.07) is 9.33. The molecule has 9 heavy (non-hydrogen) atoms. The summed E-state index contributed by atoms with van der Waals surface area (Å²) in [7, 11) is -0.320. The molecule has 1 aromatic carbocycles. The van der Waals surface area contributed by atoms with Gasteiger partial charge < -0.3 is 0 Å². The van der Waals surface area contributed by atoms with Crippen LogP contribution < -0.4 is 5.30 Å². The Kier molecular flexibility index (Phi) is 6.33. The van der Waals surface area contributed by atoms with Crippen LogP contribution >= 0.6 is 8.46 Å². The van der Waals surface area contributed by atoms with Crippen molar-refractivity contribution in [3.63, 3.8) is 0 Å². The fourth-order valence-electron chi connectivity index (χ4n) is 0.506. The summed E-state index contributed by atoms with van der Waals surface area (Å²) < 4.78 is 10.2. The molecule has 0 spiro atoms. The predicted molar refractivity (Wildman–Crippen MR) is 40.8 cm³/mol. The van der Waals surface area contributed by atoms with Gasteiger partial charge in [-0.25, -0.2) is 0 Å². The van der Waals surface area contributed by atoms with Crippen LogP contribution in [0.5, 0.6) is 0 Å². The minimum absolute atomic E-state index is 0. The standard InChI is InChI=1S/C6H5OP.K/c7-8-6-4-2-1-3-5-6;/h1-5H;/p+1. The van der Waals surface area contributed by atoms with Crippen molar-refractivity contribution < 1.29 is 4.57 Å². The van der Waals surface area contributed by atoms with Crippen LogP contribution in [0.4, 0.5) is 0 Å². The largest absolute Gasteiger partial charge is 0.363 e. The molecule has 41 valence electrons. The van der Waals surface area contributed by atoms with Crippen LogP contribution in [0.2, 0.25) is 0 Å². The van der Waals surface area contributed by atoms with E-state index in [9.17, 15) is 4.57 Å². The maximum absolute atomic E-state index is 10.2. The molecule has 1 aromatic rings. The van der Waals surface area contributed by atoms with Gasteiger partial charge in [-0.05, 0) is 12.1 Å². The molecule has 1 rings (SSSR count). The van der Waals surface area contributed by atoms with Crippen molar-refractivity contribution in [1.82, 2.24) is 0 Å². The minimum Gasteiger partial charge on any atom is -0.0707 e. The molecule has 0 aliphatic carbocycles. The molecule has 0 aromatic heterocycles. The minimum atomic E-state index is -0.320. The Bertz CT molecular complexity index is 176. The van der Waals surface area contributed by atoms with Crippen LogP contribution in [0.1, 0.15) is 0 Å². The molecule has 0 aliphatic rings. The van der Waals surface area contributed by atoms with E-state index < -0.39 is 0 Å². The molecular weight excluding hydrogens is 158 g/mol. The topological polar surface area (TPSA) is 17.1 Å². The first-order chi connectivity index (χ1) is 3.93. The van der Waals surface area contributed by atoms with Crippen LogP contribution in [-0.4, -0.2) is 51.4 Å². The number of rotatable bonds is 1. The van der Waals surface area contributed by atoms with Crippen molar-refractivity contribution in [1.29, 1.82) is 0 Å². The maximum atomic E-state index is 10.2. The number of benzene rings is 1. The molecule has 3 heteroatoms. The third-order valence-corrected chi connectivity index (χ3v) is 1.46. The molecule has 1 unspecified atom stereocenters. The Balaban J connectivity index is 0.000000640. The van der Waals surface area contributed by atoms with Gasteiger partial charge in [0.2, 0.25) is 0 Å². The van der Waals surface area contributed by atoms with Gasteiger partial charge in [0.15, 0.2) is 5.30 Å². The second-order valence-electron chi connectivity index (χ2n) is 1.47. The quantitative estimate of drug-likeness (QED) is 0.446. The summed E-state index contributed by atoms with van der Waals surface area (Å²) in [5.74, 6) is 0. The van der Waals surface area contributed by atoms with Crippen LogP contribution in [-0.2, 0) is 4.57 Å². The first-order valence-electron chi connectivity index (χ1n) is 2.36. The van der Waals surface area contributed by atoms with Gasteiger partial charge in [0, 0.05) is 51.4 Å². The monoisotopic (exact) mass is 164 g/mol. The van der Waals surface area contributed by atoms with Crippen LogP contribution in [0.15, 0.2) is 30.3 Å². The van der Waals surface area contributed by atoms with Crippen molar-refractivity contribution in [3.05, 3.63) is 30.3 Å². The zero-order chi connectivity index (χ0) is 5.82. The Morgan fingerprint density at radius 3 is 2.00 bits per heavy atom. The van der Waals surface area contributed by atoms with E-state index in [1.165, 1.54) is 0 Å². The fourth-order valence-corrected chi connectivity index (χ4v) is 0.835. The Hall–Kier alpha value is 0.956. The van der Waals surface area contributed by atoms with E-state index in [1.807, 2.05) is 30.3 Å². The van der Waals surface area contributed by atoms with Crippen LogP contribution in [0, 0.1) is 0 Å². The van der Waals surface area contributed by atoms with Gasteiger partial charge in [-0.1, -0.05) is 22.8 Å². The molecule has 1 atom stereocenters. The van der Waals surface area contributed by atoms with E-state index in [-0.39, 0.29) is 59.8 Å². The van der Waals surface area contributed by atoms with Gasteiger partial charge >= 0.3 is 8.46 Å². The van der Waals surface area contributed by atoms with E-state index >= 15 is 0 Å². The Morgan fingerprint density at radius 2 is 1.67 bits per heavy atom. The molecule has 1 radical (unpaired) electrons. The Morgan fingerprint density at radius 1 is 1.11 bits per heavy atom. The maximum Gasteiger partial charge on any atom is 0.363 e. The van der Waals surface area contributed by atoms with Crippen molar-refractivity contribution in [2.75, 3.05) is 0 Å². The van der Waals surface area contributed by atoms with E-state index in [0.29, 0.717) is 0 Å². The van der Waals surface area contributed by atoms with Crippen molar-refractivity contribution in [2.24, 2.45) is 0 Å². The summed E-state index contributed by atoms with van der Waals surface area (Å²) >= 11 is 0. The van der Waals surface area contributed by atoms with Gasteiger partial charge in [-0.15, -0.1) is 0 Å². The van der Waals surface area contributed by atoms with Crippen LogP contribution in [0.25, 0.3) is 0 Å². The first-order valence-corrected chi connectivity index (χ1v) is 3.27. The summed E-state index contributed by atoms with van der Waals surface area (Å²) in [6.07, 6.45) is 0. The molecule has 0 aliphatic heterocycles. The summed E-state index contributed by atoms with van der Waals surface area (Å²) in [5, 5.41) is 0.882. The van der Waals surface area contributed by atoms with Crippen molar-refractivity contribution in [2.45, 2.75) is 0 Å². The normalized spacial score (nSPS) is 8.44. The average molecular weight is 164 g/mol. The molecule has 0 saturated carbocycles. The van der Waals surface area contributed by atoms with Crippen molar-refractivity contribution in [3.8, 4) is 0 Å². The molecule has 0 saturated heterocycles. The van der Waals surface area contributed by atoms with Gasteiger partial charge in [-0.3, -0.25) is 0 Å². The Labute approximate surface area is 98.5 Å². The van der Waals surface area contributed by atoms with E-state index in [4.69, 9.17) is 0 Å².